The van der Waals surface area contributed by atoms with Crippen LogP contribution in [0, 0.1) is 10.8 Å². The molecule has 0 atom stereocenters. The zero-order chi connectivity index (χ0) is 16.3. The smallest absolute Gasteiger partial charge is 0.220 e. The second-order valence-electron chi connectivity index (χ2n) is 7.21. The molecule has 0 bridgehead atoms. The van der Waals surface area contributed by atoms with Crippen LogP contribution in [0.2, 0.25) is 0 Å². The van der Waals surface area contributed by atoms with Gasteiger partial charge in [-0.1, -0.05) is 0 Å². The van der Waals surface area contributed by atoms with Crippen molar-refractivity contribution in [3.05, 3.63) is 0 Å². The first-order valence-corrected chi connectivity index (χ1v) is 9.98. The van der Waals surface area contributed by atoms with Gasteiger partial charge < -0.3 is 15.4 Å². The van der Waals surface area contributed by atoms with E-state index in [0.29, 0.717) is 19.6 Å². The molecule has 1 aliphatic heterocycles. The molecule has 2 N–H and O–H groups in total. The Morgan fingerprint density at radius 2 is 1.82 bits per heavy atom. The third-order valence-electron chi connectivity index (χ3n) is 4.84. The van der Waals surface area contributed by atoms with Crippen molar-refractivity contribution < 1.29 is 17.9 Å². The lowest BCUT2D eigenvalue weighted by molar-refractivity contribution is -0.123. The Balaban J connectivity index is 1.84. The molecular formula is C15H28N2O4S. The predicted molar refractivity (Wildman–Crippen MR) is 85.4 cm³/mol. The van der Waals surface area contributed by atoms with Crippen LogP contribution in [0.3, 0.4) is 0 Å². The molecule has 1 saturated carbocycles. The highest BCUT2D eigenvalue weighted by molar-refractivity contribution is 7.90. The Morgan fingerprint density at radius 1 is 1.18 bits per heavy atom. The molecule has 2 rings (SSSR count). The van der Waals surface area contributed by atoms with E-state index in [9.17, 15) is 13.2 Å². The first-order chi connectivity index (χ1) is 10.3. The minimum atomic E-state index is -3.03. The monoisotopic (exact) mass is 332 g/mol. The van der Waals surface area contributed by atoms with Gasteiger partial charge in [-0.3, -0.25) is 4.79 Å². The van der Waals surface area contributed by atoms with Gasteiger partial charge in [0.2, 0.25) is 5.91 Å². The summed E-state index contributed by atoms with van der Waals surface area (Å²) in [5, 5.41) is 6.34. The fraction of sp³-hybridized carbons (Fsp3) is 0.933. The fourth-order valence-corrected chi connectivity index (χ4v) is 4.93. The highest BCUT2D eigenvalue weighted by atomic mass is 32.2. The van der Waals surface area contributed by atoms with Crippen molar-refractivity contribution in [1.29, 1.82) is 0 Å². The van der Waals surface area contributed by atoms with Crippen LogP contribution in [-0.4, -0.2) is 59.7 Å². The van der Waals surface area contributed by atoms with E-state index in [2.05, 4.69) is 10.6 Å². The van der Waals surface area contributed by atoms with Crippen molar-refractivity contribution in [3.63, 3.8) is 0 Å². The molecule has 22 heavy (non-hydrogen) atoms. The lowest BCUT2D eigenvalue weighted by atomic mass is 9.79. The highest BCUT2D eigenvalue weighted by Gasteiger charge is 2.46. The van der Waals surface area contributed by atoms with Crippen LogP contribution in [0.5, 0.6) is 0 Å². The third-order valence-corrected chi connectivity index (χ3v) is 5.97. The normalized spacial score (nSPS) is 23.0. The summed E-state index contributed by atoms with van der Waals surface area (Å²) in [6, 6.07) is 0. The van der Waals surface area contributed by atoms with Crippen molar-refractivity contribution in [1.82, 2.24) is 10.6 Å². The number of nitrogens with one attached hydrogen (secondary N) is 2. The van der Waals surface area contributed by atoms with Crippen molar-refractivity contribution >= 4 is 15.7 Å². The summed E-state index contributed by atoms with van der Waals surface area (Å²) in [4.78, 5) is 12.2. The topological polar surface area (TPSA) is 84.5 Å². The molecule has 0 unspecified atom stereocenters. The molecule has 1 saturated heterocycles. The lowest BCUT2D eigenvalue weighted by Crippen LogP contribution is -2.47. The maximum absolute atomic E-state index is 12.2. The Bertz CT molecular complexity index is 488. The fourth-order valence-electron chi connectivity index (χ4n) is 3.43. The maximum atomic E-state index is 12.2. The minimum Gasteiger partial charge on any atom is -0.384 e. The molecule has 0 spiro atoms. The van der Waals surface area contributed by atoms with E-state index in [4.69, 9.17) is 4.74 Å². The zero-order valence-corrected chi connectivity index (χ0v) is 14.4. The van der Waals surface area contributed by atoms with E-state index in [1.165, 1.54) is 6.26 Å². The van der Waals surface area contributed by atoms with Gasteiger partial charge in [-0.2, -0.15) is 0 Å². The number of ether oxygens (including phenoxy) is 1. The van der Waals surface area contributed by atoms with Gasteiger partial charge in [-0.25, -0.2) is 8.42 Å². The number of hydrogen-bond acceptors (Lipinski definition) is 5. The number of piperidine rings is 1. The van der Waals surface area contributed by atoms with E-state index < -0.39 is 9.84 Å². The predicted octanol–water partition coefficient (Wildman–Crippen LogP) is 0.334. The lowest BCUT2D eigenvalue weighted by Gasteiger charge is -2.37. The van der Waals surface area contributed by atoms with Crippen molar-refractivity contribution in [2.24, 2.45) is 10.8 Å². The van der Waals surface area contributed by atoms with Crippen LogP contribution < -0.4 is 10.6 Å². The summed E-state index contributed by atoms with van der Waals surface area (Å²) < 4.78 is 28.2. The summed E-state index contributed by atoms with van der Waals surface area (Å²) in [5.74, 6) is 0.0933. The first kappa shape index (κ1) is 17.7. The van der Waals surface area contributed by atoms with Crippen LogP contribution in [-0.2, 0) is 19.4 Å². The molecule has 2 aliphatic rings. The van der Waals surface area contributed by atoms with E-state index in [1.807, 2.05) is 0 Å². The highest BCUT2D eigenvalue weighted by Crippen LogP contribution is 2.49. The SMILES string of the molecule is COCC1(CNC(=O)CC2(CS(C)(=O)=O)CC2)CCNCC1. The number of amides is 1. The van der Waals surface area contributed by atoms with E-state index in [1.54, 1.807) is 7.11 Å². The molecule has 7 heteroatoms. The van der Waals surface area contributed by atoms with Crippen LogP contribution >= 0.6 is 0 Å². The standard InChI is InChI=1S/C15H28N2O4S/c1-21-11-15(5-7-16-8-6-15)10-17-13(18)9-14(3-4-14)12-22(2,19)20/h16H,3-12H2,1-2H3,(H,17,18). The molecular weight excluding hydrogens is 304 g/mol. The zero-order valence-electron chi connectivity index (χ0n) is 13.6. The number of sulfone groups is 1. The van der Waals surface area contributed by atoms with Gasteiger partial charge in [-0.05, 0) is 44.2 Å². The molecule has 0 aromatic carbocycles. The van der Waals surface area contributed by atoms with Gasteiger partial charge in [0, 0.05) is 31.7 Å². The molecule has 0 aromatic heterocycles. The van der Waals surface area contributed by atoms with Crippen LogP contribution in [0.4, 0.5) is 0 Å². The van der Waals surface area contributed by atoms with Gasteiger partial charge >= 0.3 is 0 Å². The molecule has 1 heterocycles. The second-order valence-corrected chi connectivity index (χ2v) is 9.35. The number of carbonyl (C=O) groups is 1. The molecule has 2 fully saturated rings. The summed E-state index contributed by atoms with van der Waals surface area (Å²) in [6.07, 6.45) is 5.20. The Hall–Kier alpha value is -0.660. The quantitative estimate of drug-likeness (QED) is 0.669. The Kier molecular flexibility index (Phi) is 5.50. The molecule has 0 aromatic rings. The van der Waals surface area contributed by atoms with Crippen LogP contribution in [0.15, 0.2) is 0 Å². The molecule has 1 amide bonds. The van der Waals surface area contributed by atoms with Gasteiger partial charge in [0.25, 0.3) is 0 Å². The van der Waals surface area contributed by atoms with Gasteiger partial charge in [0.05, 0.1) is 12.4 Å². The average molecular weight is 332 g/mol. The van der Waals surface area contributed by atoms with Crippen molar-refractivity contribution in [3.8, 4) is 0 Å². The minimum absolute atomic E-state index is 0.00318. The summed E-state index contributed by atoms with van der Waals surface area (Å²) in [7, 11) is -1.34. The van der Waals surface area contributed by atoms with Crippen molar-refractivity contribution in [2.75, 3.05) is 45.4 Å². The second kappa shape index (κ2) is 6.84. The summed E-state index contributed by atoms with van der Waals surface area (Å²) in [6.45, 7) is 3.13. The van der Waals surface area contributed by atoms with Crippen LogP contribution in [0.25, 0.3) is 0 Å². The van der Waals surface area contributed by atoms with Gasteiger partial charge in [0.15, 0.2) is 0 Å². The van der Waals surface area contributed by atoms with Gasteiger partial charge in [-0.15, -0.1) is 0 Å². The molecule has 1 aliphatic carbocycles. The molecule has 128 valence electrons. The number of hydrogen-bond donors (Lipinski definition) is 2. The molecule has 0 radical (unpaired) electrons. The number of rotatable bonds is 8. The average Bonchev–Trinajstić information content (AvgIpc) is 3.15. The Labute approximate surface area is 133 Å². The number of methoxy groups -OCH3 is 1. The summed E-state index contributed by atoms with van der Waals surface area (Å²) >= 11 is 0. The molecule has 6 nitrogen and oxygen atoms in total. The summed E-state index contributed by atoms with van der Waals surface area (Å²) in [5.41, 5.74) is -0.302. The first-order valence-electron chi connectivity index (χ1n) is 7.92. The van der Waals surface area contributed by atoms with Gasteiger partial charge in [0.1, 0.15) is 9.84 Å². The van der Waals surface area contributed by atoms with Crippen molar-refractivity contribution in [2.45, 2.75) is 32.1 Å². The van der Waals surface area contributed by atoms with Crippen LogP contribution in [0.1, 0.15) is 32.1 Å². The van der Waals surface area contributed by atoms with E-state index >= 15 is 0 Å². The number of carbonyl (C=O) groups excluding carboxylic acids is 1. The largest absolute Gasteiger partial charge is 0.384 e. The van der Waals surface area contributed by atoms with E-state index in [-0.39, 0.29) is 22.5 Å². The Morgan fingerprint density at radius 3 is 2.32 bits per heavy atom. The maximum Gasteiger partial charge on any atom is 0.220 e. The van der Waals surface area contributed by atoms with E-state index in [0.717, 1.165) is 38.8 Å². The third kappa shape index (κ3) is 5.21.